The van der Waals surface area contributed by atoms with Gasteiger partial charge in [0.25, 0.3) is 5.91 Å². The van der Waals surface area contributed by atoms with Crippen LogP contribution in [0.15, 0.2) is 36.5 Å². The van der Waals surface area contributed by atoms with Crippen LogP contribution in [-0.2, 0) is 0 Å². The molecule has 19 heavy (non-hydrogen) atoms. The van der Waals surface area contributed by atoms with Gasteiger partial charge in [-0.1, -0.05) is 43.7 Å². The maximum absolute atomic E-state index is 12.2. The molecule has 0 aliphatic rings. The molecule has 0 saturated carbocycles. The van der Waals surface area contributed by atoms with Crippen LogP contribution >= 0.6 is 11.3 Å². The average molecular weight is 274 g/mol. The molecule has 4 heteroatoms. The van der Waals surface area contributed by atoms with Crippen molar-refractivity contribution in [3.63, 3.8) is 0 Å². The zero-order chi connectivity index (χ0) is 13.7. The Morgan fingerprint density at radius 1 is 1.32 bits per heavy atom. The molecule has 0 N–H and O–H groups in total. The Labute approximate surface area is 117 Å². The molecule has 2 rings (SSSR count). The van der Waals surface area contributed by atoms with E-state index < -0.39 is 0 Å². The molecular formula is C15H18N2OS. The fourth-order valence-electron chi connectivity index (χ4n) is 1.77. The number of hydrogen-bond acceptors (Lipinski definition) is 3. The molecule has 0 aliphatic carbocycles. The lowest BCUT2D eigenvalue weighted by Gasteiger charge is -2.14. The van der Waals surface area contributed by atoms with E-state index in [9.17, 15) is 4.79 Å². The van der Waals surface area contributed by atoms with Gasteiger partial charge < -0.3 is 4.90 Å². The van der Waals surface area contributed by atoms with Gasteiger partial charge in [-0.15, -0.1) is 11.3 Å². The molecule has 1 amide bonds. The first-order chi connectivity index (χ1) is 9.22. The van der Waals surface area contributed by atoms with E-state index in [1.807, 2.05) is 37.4 Å². The first-order valence-corrected chi connectivity index (χ1v) is 7.30. The second-order valence-corrected chi connectivity index (χ2v) is 5.51. The van der Waals surface area contributed by atoms with Gasteiger partial charge >= 0.3 is 0 Å². The second kappa shape index (κ2) is 6.48. The summed E-state index contributed by atoms with van der Waals surface area (Å²) in [5, 5.41) is 0.896. The lowest BCUT2D eigenvalue weighted by Crippen LogP contribution is -2.26. The third kappa shape index (κ3) is 3.41. The van der Waals surface area contributed by atoms with Gasteiger partial charge in [-0.05, 0) is 6.42 Å². The topological polar surface area (TPSA) is 33.2 Å². The number of unbranched alkanes of at least 4 members (excludes halogenated alkanes) is 1. The summed E-state index contributed by atoms with van der Waals surface area (Å²) in [7, 11) is 1.85. The number of thiazole rings is 1. The number of hydrogen-bond donors (Lipinski definition) is 0. The van der Waals surface area contributed by atoms with Crippen molar-refractivity contribution in [3.05, 3.63) is 41.4 Å². The maximum atomic E-state index is 12.2. The summed E-state index contributed by atoms with van der Waals surface area (Å²) in [4.78, 5) is 19.0. The minimum atomic E-state index is 0.0631. The average Bonchev–Trinajstić information content (AvgIpc) is 2.94. The molecule has 2 aromatic rings. The van der Waals surface area contributed by atoms with E-state index in [-0.39, 0.29) is 5.91 Å². The molecule has 0 bridgehead atoms. The minimum Gasteiger partial charge on any atom is -0.341 e. The molecule has 0 aliphatic heterocycles. The number of rotatable bonds is 5. The van der Waals surface area contributed by atoms with Crippen molar-refractivity contribution in [2.75, 3.05) is 13.6 Å². The zero-order valence-corrected chi connectivity index (χ0v) is 12.1. The largest absolute Gasteiger partial charge is 0.341 e. The van der Waals surface area contributed by atoms with Gasteiger partial charge in [0.2, 0.25) is 0 Å². The van der Waals surface area contributed by atoms with Crippen molar-refractivity contribution < 1.29 is 4.79 Å². The lowest BCUT2D eigenvalue weighted by atomic mass is 10.2. The molecule has 100 valence electrons. The highest BCUT2D eigenvalue weighted by atomic mass is 32.1. The molecule has 1 heterocycles. The highest BCUT2D eigenvalue weighted by molar-refractivity contribution is 7.16. The van der Waals surface area contributed by atoms with E-state index >= 15 is 0 Å². The van der Waals surface area contributed by atoms with E-state index in [2.05, 4.69) is 11.9 Å². The summed E-state index contributed by atoms with van der Waals surface area (Å²) >= 11 is 1.45. The lowest BCUT2D eigenvalue weighted by molar-refractivity contribution is 0.0798. The van der Waals surface area contributed by atoms with Gasteiger partial charge in [0.1, 0.15) is 9.88 Å². The SMILES string of the molecule is CCCCN(C)C(=O)c1cnc(-c2ccccc2)s1. The summed E-state index contributed by atoms with van der Waals surface area (Å²) in [6.45, 7) is 2.92. The number of amides is 1. The van der Waals surface area contributed by atoms with Crippen LogP contribution in [0.4, 0.5) is 0 Å². The smallest absolute Gasteiger partial charge is 0.265 e. The third-order valence-electron chi connectivity index (χ3n) is 2.93. The Morgan fingerprint density at radius 3 is 2.74 bits per heavy atom. The standard InChI is InChI=1S/C15H18N2OS/c1-3-4-10-17(2)15(18)13-11-16-14(19-13)12-8-6-5-7-9-12/h5-9,11H,3-4,10H2,1-2H3. The van der Waals surface area contributed by atoms with Crippen LogP contribution in [0.5, 0.6) is 0 Å². The van der Waals surface area contributed by atoms with E-state index in [1.165, 1.54) is 11.3 Å². The summed E-state index contributed by atoms with van der Waals surface area (Å²) < 4.78 is 0. The van der Waals surface area contributed by atoms with E-state index in [4.69, 9.17) is 0 Å². The van der Waals surface area contributed by atoms with Crippen molar-refractivity contribution in [2.45, 2.75) is 19.8 Å². The summed E-state index contributed by atoms with van der Waals surface area (Å²) in [5.41, 5.74) is 1.06. The van der Waals surface area contributed by atoms with Gasteiger partial charge in [0.05, 0.1) is 6.20 Å². The summed E-state index contributed by atoms with van der Waals surface area (Å²) in [6.07, 6.45) is 3.81. The number of carbonyl (C=O) groups is 1. The predicted octanol–water partition coefficient (Wildman–Crippen LogP) is 3.68. The Bertz CT molecular complexity index is 536. The normalized spacial score (nSPS) is 10.4. The molecule has 1 aromatic heterocycles. The Hall–Kier alpha value is -1.68. The van der Waals surface area contributed by atoms with Crippen molar-refractivity contribution in [1.29, 1.82) is 0 Å². The van der Waals surface area contributed by atoms with Crippen molar-refractivity contribution in [2.24, 2.45) is 0 Å². The maximum Gasteiger partial charge on any atom is 0.265 e. The van der Waals surface area contributed by atoms with Crippen molar-refractivity contribution in [1.82, 2.24) is 9.88 Å². The van der Waals surface area contributed by atoms with Crippen LogP contribution < -0.4 is 0 Å². The molecular weight excluding hydrogens is 256 g/mol. The molecule has 0 saturated heterocycles. The van der Waals surface area contributed by atoms with Crippen LogP contribution in [0.25, 0.3) is 10.6 Å². The van der Waals surface area contributed by atoms with Crippen molar-refractivity contribution >= 4 is 17.2 Å². The van der Waals surface area contributed by atoms with Gasteiger partial charge in [-0.25, -0.2) is 4.98 Å². The number of nitrogens with zero attached hydrogens (tertiary/aromatic N) is 2. The first-order valence-electron chi connectivity index (χ1n) is 6.49. The predicted molar refractivity (Wildman–Crippen MR) is 79.4 cm³/mol. The van der Waals surface area contributed by atoms with Gasteiger partial charge in [0.15, 0.2) is 0 Å². The third-order valence-corrected chi connectivity index (χ3v) is 3.97. The Balaban J connectivity index is 2.11. The summed E-state index contributed by atoms with van der Waals surface area (Å²) in [5.74, 6) is 0.0631. The summed E-state index contributed by atoms with van der Waals surface area (Å²) in [6, 6.07) is 9.95. The van der Waals surface area contributed by atoms with Crippen LogP contribution in [0, 0.1) is 0 Å². The molecule has 1 aromatic carbocycles. The molecule has 0 radical (unpaired) electrons. The number of aromatic nitrogens is 1. The molecule has 0 spiro atoms. The van der Waals surface area contributed by atoms with E-state index in [0.29, 0.717) is 4.88 Å². The highest BCUT2D eigenvalue weighted by Crippen LogP contribution is 2.25. The first kappa shape index (κ1) is 13.7. The van der Waals surface area contributed by atoms with Crippen LogP contribution in [-0.4, -0.2) is 29.4 Å². The van der Waals surface area contributed by atoms with Crippen LogP contribution in [0.1, 0.15) is 29.4 Å². The number of benzene rings is 1. The van der Waals surface area contributed by atoms with Crippen LogP contribution in [0.3, 0.4) is 0 Å². The molecule has 3 nitrogen and oxygen atoms in total. The van der Waals surface area contributed by atoms with Crippen molar-refractivity contribution in [3.8, 4) is 10.6 Å². The molecule has 0 unspecified atom stereocenters. The quantitative estimate of drug-likeness (QED) is 0.833. The molecule has 0 atom stereocenters. The van der Waals surface area contributed by atoms with E-state index in [1.54, 1.807) is 11.1 Å². The van der Waals surface area contributed by atoms with Gasteiger partial charge in [-0.3, -0.25) is 4.79 Å². The van der Waals surface area contributed by atoms with Crippen LogP contribution in [0.2, 0.25) is 0 Å². The Kier molecular flexibility index (Phi) is 4.68. The minimum absolute atomic E-state index is 0.0631. The van der Waals surface area contributed by atoms with Gasteiger partial charge in [-0.2, -0.15) is 0 Å². The highest BCUT2D eigenvalue weighted by Gasteiger charge is 2.15. The fourth-order valence-corrected chi connectivity index (χ4v) is 2.69. The zero-order valence-electron chi connectivity index (χ0n) is 11.3. The number of carbonyl (C=O) groups excluding carboxylic acids is 1. The van der Waals surface area contributed by atoms with E-state index in [0.717, 1.165) is 30.0 Å². The Morgan fingerprint density at radius 2 is 2.05 bits per heavy atom. The fraction of sp³-hybridized carbons (Fsp3) is 0.333. The van der Waals surface area contributed by atoms with Gasteiger partial charge in [0, 0.05) is 19.2 Å². The molecule has 0 fully saturated rings. The monoisotopic (exact) mass is 274 g/mol. The second-order valence-electron chi connectivity index (χ2n) is 4.48.